The van der Waals surface area contributed by atoms with E-state index >= 15 is 0 Å². The maximum atomic E-state index is 12.6. The Bertz CT molecular complexity index is 1150. The predicted octanol–water partition coefficient (Wildman–Crippen LogP) is 2.60. The van der Waals surface area contributed by atoms with Crippen molar-refractivity contribution in [2.45, 2.75) is 20.8 Å². The summed E-state index contributed by atoms with van der Waals surface area (Å²) >= 11 is 0. The number of carbonyl (C=O) groups excluding carboxylic acids is 2. The molecule has 3 rings (SSSR count). The number of rotatable bonds is 5. The monoisotopic (exact) mass is 397 g/mol. The van der Waals surface area contributed by atoms with Gasteiger partial charge in [-0.3, -0.25) is 19.6 Å². The van der Waals surface area contributed by atoms with Gasteiger partial charge < -0.3 is 10.1 Å². The van der Waals surface area contributed by atoms with Crippen LogP contribution < -0.4 is 5.32 Å². The SMILES string of the molecule is Cc1cc(C(=O)OCC(=O)Nc2cc([N+](=O)[O-])ccc2C)c2c(C)nn(C)c2n1. The number of nitro groups is 1. The second kappa shape index (κ2) is 7.66. The number of hydrogen-bond donors (Lipinski definition) is 1. The molecule has 10 nitrogen and oxygen atoms in total. The van der Waals surface area contributed by atoms with Gasteiger partial charge in [0, 0.05) is 24.9 Å². The first kappa shape index (κ1) is 19.9. The van der Waals surface area contributed by atoms with Crippen LogP contribution in [0.1, 0.15) is 27.3 Å². The second-order valence-corrected chi connectivity index (χ2v) is 6.60. The average molecular weight is 397 g/mol. The van der Waals surface area contributed by atoms with Crippen LogP contribution in [-0.2, 0) is 16.6 Å². The van der Waals surface area contributed by atoms with E-state index in [-0.39, 0.29) is 16.9 Å². The van der Waals surface area contributed by atoms with Gasteiger partial charge in [-0.15, -0.1) is 0 Å². The molecule has 0 radical (unpaired) electrons. The number of nitrogens with zero attached hydrogens (tertiary/aromatic N) is 4. The number of carbonyl (C=O) groups is 2. The molecule has 29 heavy (non-hydrogen) atoms. The molecule has 10 heteroatoms. The van der Waals surface area contributed by atoms with E-state index in [1.807, 2.05) is 0 Å². The van der Waals surface area contributed by atoms with Gasteiger partial charge in [-0.25, -0.2) is 9.78 Å². The predicted molar refractivity (Wildman–Crippen MR) is 105 cm³/mol. The largest absolute Gasteiger partial charge is 0.452 e. The summed E-state index contributed by atoms with van der Waals surface area (Å²) < 4.78 is 6.73. The summed E-state index contributed by atoms with van der Waals surface area (Å²) in [7, 11) is 1.73. The lowest BCUT2D eigenvalue weighted by Gasteiger charge is -2.10. The molecule has 0 unspecified atom stereocenters. The number of fused-ring (bicyclic) bond motifs is 1. The molecule has 0 aliphatic rings. The summed E-state index contributed by atoms with van der Waals surface area (Å²) in [6, 6.07) is 5.71. The smallest absolute Gasteiger partial charge is 0.339 e. The molecule has 3 aromatic rings. The van der Waals surface area contributed by atoms with Crippen LogP contribution in [0.5, 0.6) is 0 Å². The van der Waals surface area contributed by atoms with Crippen molar-refractivity contribution in [1.82, 2.24) is 14.8 Å². The number of aryl methyl sites for hydroxylation is 4. The molecule has 2 aromatic heterocycles. The van der Waals surface area contributed by atoms with E-state index in [1.54, 1.807) is 38.6 Å². The van der Waals surface area contributed by atoms with E-state index in [1.165, 1.54) is 18.2 Å². The normalized spacial score (nSPS) is 10.8. The molecule has 0 spiro atoms. The zero-order valence-electron chi connectivity index (χ0n) is 16.3. The van der Waals surface area contributed by atoms with Gasteiger partial charge in [-0.2, -0.15) is 5.10 Å². The first-order valence-corrected chi connectivity index (χ1v) is 8.70. The molecule has 0 atom stereocenters. The molecule has 0 saturated heterocycles. The van der Waals surface area contributed by atoms with Gasteiger partial charge in [-0.05, 0) is 32.4 Å². The first-order valence-electron chi connectivity index (χ1n) is 8.70. The summed E-state index contributed by atoms with van der Waals surface area (Å²) in [6.07, 6.45) is 0. The summed E-state index contributed by atoms with van der Waals surface area (Å²) in [5, 5.41) is 18.3. The van der Waals surface area contributed by atoms with Crippen molar-refractivity contribution in [2.75, 3.05) is 11.9 Å². The van der Waals surface area contributed by atoms with Crippen LogP contribution in [0.25, 0.3) is 11.0 Å². The number of amides is 1. The van der Waals surface area contributed by atoms with Gasteiger partial charge in [-0.1, -0.05) is 6.07 Å². The Morgan fingerprint density at radius 1 is 1.24 bits per heavy atom. The topological polar surface area (TPSA) is 129 Å². The fourth-order valence-electron chi connectivity index (χ4n) is 2.98. The Kier molecular flexibility index (Phi) is 5.26. The van der Waals surface area contributed by atoms with Crippen molar-refractivity contribution < 1.29 is 19.2 Å². The Morgan fingerprint density at radius 3 is 2.66 bits per heavy atom. The van der Waals surface area contributed by atoms with Crippen LogP contribution in [-0.4, -0.2) is 38.2 Å². The third-order valence-corrected chi connectivity index (χ3v) is 4.36. The second-order valence-electron chi connectivity index (χ2n) is 6.60. The number of nitro benzene ring substituents is 1. The fourth-order valence-corrected chi connectivity index (χ4v) is 2.98. The summed E-state index contributed by atoms with van der Waals surface area (Å²) in [5.41, 5.74) is 2.84. The fraction of sp³-hybridized carbons (Fsp3) is 0.263. The molecule has 1 aromatic carbocycles. The zero-order valence-corrected chi connectivity index (χ0v) is 16.3. The molecule has 0 aliphatic heterocycles. The van der Waals surface area contributed by atoms with Gasteiger partial charge in [0.05, 0.1) is 27.3 Å². The van der Waals surface area contributed by atoms with Crippen molar-refractivity contribution >= 4 is 34.3 Å². The standard InChI is InChI=1S/C19H19N5O5/c1-10-5-6-13(24(27)28)8-15(10)21-16(25)9-29-19(26)14-7-11(2)20-18-17(14)12(3)22-23(18)4/h5-8H,9H2,1-4H3,(H,21,25). The van der Waals surface area contributed by atoms with E-state index in [9.17, 15) is 19.7 Å². The summed E-state index contributed by atoms with van der Waals surface area (Å²) in [5.74, 6) is -1.28. The van der Waals surface area contributed by atoms with Crippen molar-refractivity contribution in [3.05, 3.63) is 56.9 Å². The Hall–Kier alpha value is -3.82. The third kappa shape index (κ3) is 4.05. The van der Waals surface area contributed by atoms with Crippen molar-refractivity contribution in [3.63, 3.8) is 0 Å². The number of non-ortho nitro benzene ring substituents is 1. The van der Waals surface area contributed by atoms with Crippen LogP contribution in [0.4, 0.5) is 11.4 Å². The van der Waals surface area contributed by atoms with Gasteiger partial charge >= 0.3 is 5.97 Å². The number of hydrogen-bond acceptors (Lipinski definition) is 7. The molecule has 0 fully saturated rings. The number of pyridine rings is 1. The van der Waals surface area contributed by atoms with E-state index < -0.39 is 23.4 Å². The van der Waals surface area contributed by atoms with Crippen molar-refractivity contribution in [3.8, 4) is 0 Å². The quantitative estimate of drug-likeness (QED) is 0.398. The van der Waals surface area contributed by atoms with E-state index in [2.05, 4.69) is 15.4 Å². The number of nitrogens with one attached hydrogen (secondary N) is 1. The van der Waals surface area contributed by atoms with Crippen LogP contribution in [0, 0.1) is 30.9 Å². The molecule has 1 N–H and O–H groups in total. The lowest BCUT2D eigenvalue weighted by atomic mass is 10.1. The van der Waals surface area contributed by atoms with E-state index in [4.69, 9.17) is 4.74 Å². The molecular formula is C19H19N5O5. The highest BCUT2D eigenvalue weighted by Crippen LogP contribution is 2.23. The lowest BCUT2D eigenvalue weighted by Crippen LogP contribution is -2.21. The Morgan fingerprint density at radius 2 is 1.97 bits per heavy atom. The highest BCUT2D eigenvalue weighted by molar-refractivity contribution is 6.05. The number of aromatic nitrogens is 3. The van der Waals surface area contributed by atoms with Crippen LogP contribution in [0.2, 0.25) is 0 Å². The number of benzene rings is 1. The maximum absolute atomic E-state index is 12.6. The molecule has 0 bridgehead atoms. The maximum Gasteiger partial charge on any atom is 0.339 e. The highest BCUT2D eigenvalue weighted by Gasteiger charge is 2.20. The average Bonchev–Trinajstić information content (AvgIpc) is 2.94. The first-order chi connectivity index (χ1) is 13.7. The minimum Gasteiger partial charge on any atom is -0.452 e. The van der Waals surface area contributed by atoms with Gasteiger partial charge in [0.2, 0.25) is 0 Å². The molecule has 1 amide bonds. The Labute approximate surface area is 165 Å². The van der Waals surface area contributed by atoms with E-state index in [0.717, 1.165) is 0 Å². The highest BCUT2D eigenvalue weighted by atomic mass is 16.6. The molecular weight excluding hydrogens is 378 g/mol. The summed E-state index contributed by atoms with van der Waals surface area (Å²) in [4.78, 5) is 39.5. The van der Waals surface area contributed by atoms with Gasteiger partial charge in [0.1, 0.15) is 0 Å². The number of ether oxygens (including phenoxy) is 1. The third-order valence-electron chi connectivity index (χ3n) is 4.36. The molecule has 150 valence electrons. The van der Waals surface area contributed by atoms with E-state index in [0.29, 0.717) is 28.0 Å². The van der Waals surface area contributed by atoms with Gasteiger partial charge in [0.15, 0.2) is 12.3 Å². The Balaban J connectivity index is 1.75. The minimum absolute atomic E-state index is 0.149. The van der Waals surface area contributed by atoms with Crippen molar-refractivity contribution in [1.29, 1.82) is 0 Å². The minimum atomic E-state index is -0.678. The lowest BCUT2D eigenvalue weighted by molar-refractivity contribution is -0.384. The number of esters is 1. The molecule has 0 saturated carbocycles. The molecule has 2 heterocycles. The zero-order chi connectivity index (χ0) is 21.3. The van der Waals surface area contributed by atoms with Gasteiger partial charge in [0.25, 0.3) is 11.6 Å². The van der Waals surface area contributed by atoms with Crippen LogP contribution in [0.3, 0.4) is 0 Å². The summed E-state index contributed by atoms with van der Waals surface area (Å²) in [6.45, 7) is 4.67. The van der Waals surface area contributed by atoms with Crippen molar-refractivity contribution in [2.24, 2.45) is 7.05 Å². The van der Waals surface area contributed by atoms with Crippen LogP contribution in [0.15, 0.2) is 24.3 Å². The van der Waals surface area contributed by atoms with Crippen LogP contribution >= 0.6 is 0 Å². The number of anilines is 1. The molecule has 0 aliphatic carbocycles.